The first kappa shape index (κ1) is 17.8. The molecule has 8 heteroatoms. The Balaban J connectivity index is -0.000000126. The molecule has 74 valence electrons. The Morgan fingerprint density at radius 2 is 1.67 bits per heavy atom. The van der Waals surface area contributed by atoms with Gasteiger partial charge in [0.25, 0.3) is 0 Å². The molecule has 0 bridgehead atoms. The molecule has 0 heterocycles. The van der Waals surface area contributed by atoms with Crippen LogP contribution in [-0.2, 0) is 32.3 Å². The molecule has 0 aromatic rings. The van der Waals surface area contributed by atoms with E-state index >= 15 is 0 Å². The van der Waals surface area contributed by atoms with Gasteiger partial charge in [0.2, 0.25) is 0 Å². The molecule has 0 aromatic carbocycles. The van der Waals surface area contributed by atoms with E-state index in [4.69, 9.17) is 22.6 Å². The maximum absolute atomic E-state index is 9.60. The molecule has 0 spiro atoms. The largest absolute Gasteiger partial charge is 2.00 e. The quantitative estimate of drug-likeness (QED) is 0.396. The van der Waals surface area contributed by atoms with Crippen molar-refractivity contribution in [2.45, 2.75) is 19.8 Å². The van der Waals surface area contributed by atoms with E-state index < -0.39 is 16.4 Å². The number of carbonyl (C=O) groups is 1. The van der Waals surface area contributed by atoms with Gasteiger partial charge in [0, 0.05) is 16.8 Å². The van der Waals surface area contributed by atoms with Crippen molar-refractivity contribution >= 4 is 16.4 Å². The van der Waals surface area contributed by atoms with Gasteiger partial charge in [-0.15, -0.1) is 0 Å². The predicted octanol–water partition coefficient (Wildman–Crippen LogP) is -0.469. The van der Waals surface area contributed by atoms with Crippen molar-refractivity contribution < 1.29 is 44.5 Å². The zero-order chi connectivity index (χ0) is 9.49. The van der Waals surface area contributed by atoms with Gasteiger partial charge in [0.05, 0.1) is 0 Å². The second kappa shape index (κ2) is 8.95. The number of rotatable bonds is 2. The average Bonchev–Trinajstić information content (AvgIpc) is 1.58. The zero-order valence-corrected chi connectivity index (χ0v) is 8.09. The fourth-order valence-corrected chi connectivity index (χ4v) is 0.214. The monoisotopic (exact) mass is 240 g/mol. The summed E-state index contributed by atoms with van der Waals surface area (Å²) in [6.07, 6.45) is 1.02. The van der Waals surface area contributed by atoms with Crippen molar-refractivity contribution in [1.29, 1.82) is 0 Å². The summed E-state index contributed by atoms with van der Waals surface area (Å²) in [5.74, 6) is -0.711. The number of carboxylic acids is 1. The minimum atomic E-state index is -5.17. The molecule has 1 N–H and O–H groups in total. The van der Waals surface area contributed by atoms with Crippen LogP contribution >= 0.6 is 0 Å². The van der Waals surface area contributed by atoms with Gasteiger partial charge in [-0.1, -0.05) is 6.92 Å². The van der Waals surface area contributed by atoms with E-state index in [2.05, 4.69) is 0 Å². The Kier molecular flexibility index (Phi) is 13.3. The second-order valence-electron chi connectivity index (χ2n) is 1.55. The van der Waals surface area contributed by atoms with Gasteiger partial charge in [0.1, 0.15) is 0 Å². The molecule has 0 unspecified atom stereocenters. The fourth-order valence-electron chi connectivity index (χ4n) is 0.214. The van der Waals surface area contributed by atoms with Crippen molar-refractivity contribution in [2.75, 3.05) is 0 Å². The van der Waals surface area contributed by atoms with Crippen LogP contribution in [0.15, 0.2) is 0 Å². The van der Waals surface area contributed by atoms with Gasteiger partial charge < -0.3 is 14.2 Å². The van der Waals surface area contributed by atoms with Crippen molar-refractivity contribution in [3.63, 3.8) is 0 Å². The van der Waals surface area contributed by atoms with E-state index in [1.165, 1.54) is 0 Å². The van der Waals surface area contributed by atoms with Crippen LogP contribution in [0.2, 0.25) is 0 Å². The molecule has 6 nitrogen and oxygen atoms in total. The van der Waals surface area contributed by atoms with E-state index in [0.29, 0.717) is 6.42 Å². The molecule has 0 saturated heterocycles. The summed E-state index contributed by atoms with van der Waals surface area (Å²) in [6.45, 7) is 1.84. The molecule has 0 rings (SSSR count). The molecule has 12 heavy (non-hydrogen) atoms. The van der Waals surface area contributed by atoms with E-state index in [1.807, 2.05) is 6.92 Å². The van der Waals surface area contributed by atoms with Gasteiger partial charge in [-0.3, -0.25) is 13.2 Å². The second-order valence-corrected chi connectivity index (χ2v) is 2.37. The molecular formula is C4H8FeO6S. The maximum Gasteiger partial charge on any atom is 2.00 e. The van der Waals surface area contributed by atoms with E-state index in [-0.39, 0.29) is 17.1 Å². The van der Waals surface area contributed by atoms with Crippen molar-refractivity contribution in [1.82, 2.24) is 0 Å². The maximum atomic E-state index is 9.60. The van der Waals surface area contributed by atoms with Crippen LogP contribution in [0, 0.1) is 0 Å². The summed E-state index contributed by atoms with van der Waals surface area (Å²) in [5, 5.41) is 7.91. The summed E-state index contributed by atoms with van der Waals surface area (Å²) >= 11 is 0. The number of hydrogen-bond acceptors (Lipinski definition) is 5. The van der Waals surface area contributed by atoms with E-state index in [0.717, 1.165) is 6.42 Å². The van der Waals surface area contributed by atoms with Crippen LogP contribution in [0.1, 0.15) is 19.8 Å². The third-order valence-electron chi connectivity index (χ3n) is 0.464. The first-order chi connectivity index (χ1) is 4.77. The zero-order valence-electron chi connectivity index (χ0n) is 6.16. The van der Waals surface area contributed by atoms with Crippen LogP contribution in [0.25, 0.3) is 0 Å². The Hall–Kier alpha value is -0.141. The number of carboxylic acid groups (broad SMARTS) is 1. The summed E-state index contributed by atoms with van der Waals surface area (Å²) in [5.41, 5.74) is 0. The van der Waals surface area contributed by atoms with Crippen molar-refractivity contribution in [3.8, 4) is 0 Å². The van der Waals surface area contributed by atoms with E-state index in [1.54, 1.807) is 0 Å². The van der Waals surface area contributed by atoms with Crippen molar-refractivity contribution in [2.24, 2.45) is 0 Å². The molecule has 0 radical (unpaired) electrons. The normalized spacial score (nSPS) is 8.92. The Bertz CT molecular complexity index is 190. The molecule has 0 fully saturated rings. The SMILES string of the molecule is CCCC(=O)O.O=S(=O)([O-])[O-].[Fe+2]. The van der Waals surface area contributed by atoms with Crippen LogP contribution in [-0.4, -0.2) is 28.6 Å². The molecular weight excluding hydrogens is 232 g/mol. The Morgan fingerprint density at radius 1 is 1.42 bits per heavy atom. The molecule has 0 aliphatic heterocycles. The Morgan fingerprint density at radius 3 is 1.67 bits per heavy atom. The molecule has 0 aliphatic carbocycles. The summed E-state index contributed by atoms with van der Waals surface area (Å²) < 4.78 is 34.1. The van der Waals surface area contributed by atoms with Gasteiger partial charge in [-0.2, -0.15) is 0 Å². The number of hydrogen-bond donors (Lipinski definition) is 1. The topological polar surface area (TPSA) is 118 Å². The summed E-state index contributed by atoms with van der Waals surface area (Å²) in [6, 6.07) is 0. The van der Waals surface area contributed by atoms with Crippen LogP contribution in [0.3, 0.4) is 0 Å². The molecule has 0 aromatic heterocycles. The Labute approximate surface area is 81.0 Å². The average molecular weight is 240 g/mol. The van der Waals surface area contributed by atoms with Gasteiger partial charge in [-0.05, 0) is 6.42 Å². The van der Waals surface area contributed by atoms with Crippen LogP contribution < -0.4 is 0 Å². The van der Waals surface area contributed by atoms with Crippen LogP contribution in [0.4, 0.5) is 0 Å². The van der Waals surface area contributed by atoms with Gasteiger partial charge in [-0.25, -0.2) is 0 Å². The predicted molar refractivity (Wildman–Crippen MR) is 33.0 cm³/mol. The van der Waals surface area contributed by atoms with Crippen molar-refractivity contribution in [3.05, 3.63) is 0 Å². The fraction of sp³-hybridized carbons (Fsp3) is 0.750. The third-order valence-corrected chi connectivity index (χ3v) is 0.464. The standard InChI is InChI=1S/C4H8O2.Fe.H2O4S/c1-2-3-4(5)6;;1-5(2,3)4/h2-3H2,1H3,(H,5,6);;(H2,1,2,3,4)/q;+2;/p-2. The summed E-state index contributed by atoms with van der Waals surface area (Å²) in [7, 11) is -5.17. The molecule has 0 saturated carbocycles. The first-order valence-corrected chi connectivity index (χ1v) is 3.99. The minimum Gasteiger partial charge on any atom is -0.759 e. The third kappa shape index (κ3) is 94.6. The van der Waals surface area contributed by atoms with Crippen LogP contribution in [0.5, 0.6) is 0 Å². The number of aliphatic carboxylic acids is 1. The molecule has 0 amide bonds. The molecule has 0 aliphatic rings. The summed E-state index contributed by atoms with van der Waals surface area (Å²) in [4.78, 5) is 9.60. The van der Waals surface area contributed by atoms with Gasteiger partial charge in [0.15, 0.2) is 0 Å². The first-order valence-electron chi connectivity index (χ1n) is 2.66. The minimum absolute atomic E-state index is 0. The van der Waals surface area contributed by atoms with Gasteiger partial charge >= 0.3 is 23.0 Å². The molecule has 0 atom stereocenters. The smallest absolute Gasteiger partial charge is 0.759 e. The van der Waals surface area contributed by atoms with E-state index in [9.17, 15) is 4.79 Å².